The molecule has 0 radical (unpaired) electrons. The normalized spacial score (nSPS) is 13.7. The highest BCUT2D eigenvalue weighted by atomic mass is 19.3. The maximum Gasteiger partial charge on any atom is 0.257 e. The molecule has 0 fully saturated rings. The second kappa shape index (κ2) is 5.83. The molecule has 21 heavy (non-hydrogen) atoms. The van der Waals surface area contributed by atoms with Crippen LogP contribution in [0.15, 0.2) is 23.0 Å². The molecule has 0 amide bonds. The van der Waals surface area contributed by atoms with Crippen LogP contribution in [0, 0.1) is 0 Å². The number of alkyl halides is 2. The Hall–Kier alpha value is -1.92. The van der Waals surface area contributed by atoms with Gasteiger partial charge in [-0.15, -0.1) is 0 Å². The van der Waals surface area contributed by atoms with Gasteiger partial charge in [-0.05, 0) is 6.92 Å². The molecule has 0 bridgehead atoms. The van der Waals surface area contributed by atoms with Gasteiger partial charge in [-0.2, -0.15) is 5.10 Å². The lowest BCUT2D eigenvalue weighted by Crippen LogP contribution is -2.10. The minimum atomic E-state index is -2.42. The molecule has 2 aromatic rings. The van der Waals surface area contributed by atoms with Gasteiger partial charge in [-0.1, -0.05) is 20.8 Å². The molecule has 0 aliphatic rings. The highest BCUT2D eigenvalue weighted by molar-refractivity contribution is 5.39. The third-order valence-electron chi connectivity index (χ3n) is 2.97. The fourth-order valence-corrected chi connectivity index (χ4v) is 1.83. The third-order valence-corrected chi connectivity index (χ3v) is 2.97. The van der Waals surface area contributed by atoms with E-state index in [1.807, 2.05) is 27.7 Å². The summed E-state index contributed by atoms with van der Waals surface area (Å²) in [5.41, 5.74) is 0.547. The molecular formula is C14H20F2N4O. The highest BCUT2D eigenvalue weighted by Gasteiger charge is 2.21. The number of halogens is 2. The minimum Gasteiger partial charge on any atom is -0.443 e. The maximum atomic E-state index is 12.3. The lowest BCUT2D eigenvalue weighted by Gasteiger charge is -2.14. The molecule has 2 rings (SSSR count). The zero-order valence-corrected chi connectivity index (χ0v) is 12.6. The topological polar surface area (TPSA) is 55.9 Å². The van der Waals surface area contributed by atoms with Crippen molar-refractivity contribution in [1.82, 2.24) is 14.8 Å². The summed E-state index contributed by atoms with van der Waals surface area (Å²) in [6.07, 6.45) is 2.34. The molecule has 2 heterocycles. The zero-order chi connectivity index (χ0) is 15.6. The van der Waals surface area contributed by atoms with Gasteiger partial charge in [0.05, 0.1) is 18.1 Å². The number of hydrogen-bond donors (Lipinski definition) is 1. The van der Waals surface area contributed by atoms with Crippen molar-refractivity contribution in [1.29, 1.82) is 0 Å². The SMILES string of the molecule is C[C@@H](Nc1cnn(CC(F)F)c1)c1ncc(C(C)(C)C)o1. The zero-order valence-electron chi connectivity index (χ0n) is 12.6. The van der Waals surface area contributed by atoms with Gasteiger partial charge >= 0.3 is 0 Å². The van der Waals surface area contributed by atoms with Gasteiger partial charge in [0.1, 0.15) is 18.3 Å². The third kappa shape index (κ3) is 4.03. The quantitative estimate of drug-likeness (QED) is 0.916. The van der Waals surface area contributed by atoms with Crippen LogP contribution in [0.3, 0.4) is 0 Å². The van der Waals surface area contributed by atoms with Crippen LogP contribution in [0.4, 0.5) is 14.5 Å². The Balaban J connectivity index is 2.02. The van der Waals surface area contributed by atoms with Gasteiger partial charge in [0, 0.05) is 11.6 Å². The number of aromatic nitrogens is 3. The Morgan fingerprint density at radius 2 is 2.05 bits per heavy atom. The first kappa shape index (κ1) is 15.5. The summed E-state index contributed by atoms with van der Waals surface area (Å²) in [6.45, 7) is 7.61. The van der Waals surface area contributed by atoms with E-state index in [2.05, 4.69) is 15.4 Å². The van der Waals surface area contributed by atoms with E-state index in [1.165, 1.54) is 17.1 Å². The summed E-state index contributed by atoms with van der Waals surface area (Å²) in [4.78, 5) is 4.26. The molecule has 2 aromatic heterocycles. The van der Waals surface area contributed by atoms with Crippen LogP contribution in [0.25, 0.3) is 0 Å². The first-order valence-corrected chi connectivity index (χ1v) is 6.79. The highest BCUT2D eigenvalue weighted by Crippen LogP contribution is 2.26. The average molecular weight is 298 g/mol. The van der Waals surface area contributed by atoms with Crippen molar-refractivity contribution in [2.75, 3.05) is 5.32 Å². The van der Waals surface area contributed by atoms with E-state index in [0.29, 0.717) is 11.6 Å². The summed E-state index contributed by atoms with van der Waals surface area (Å²) < 4.78 is 31.5. The molecule has 1 N–H and O–H groups in total. The van der Waals surface area contributed by atoms with Gasteiger partial charge in [-0.3, -0.25) is 4.68 Å². The van der Waals surface area contributed by atoms with Crippen LogP contribution in [0.2, 0.25) is 0 Å². The molecule has 0 spiro atoms. The minimum absolute atomic E-state index is 0.104. The van der Waals surface area contributed by atoms with Crippen LogP contribution in [0.5, 0.6) is 0 Å². The second-order valence-corrected chi connectivity index (χ2v) is 6.02. The molecule has 1 atom stereocenters. The van der Waals surface area contributed by atoms with Crippen LogP contribution in [-0.2, 0) is 12.0 Å². The van der Waals surface area contributed by atoms with Crippen LogP contribution in [-0.4, -0.2) is 21.2 Å². The molecule has 0 saturated carbocycles. The largest absolute Gasteiger partial charge is 0.443 e. The van der Waals surface area contributed by atoms with E-state index in [1.54, 1.807) is 6.20 Å². The number of hydrogen-bond acceptors (Lipinski definition) is 4. The van der Waals surface area contributed by atoms with Gasteiger partial charge < -0.3 is 9.73 Å². The second-order valence-electron chi connectivity index (χ2n) is 6.02. The summed E-state index contributed by atoms with van der Waals surface area (Å²) in [5.74, 6) is 1.36. The maximum absolute atomic E-state index is 12.3. The van der Waals surface area contributed by atoms with E-state index >= 15 is 0 Å². The number of nitrogens with zero attached hydrogens (tertiary/aromatic N) is 3. The Morgan fingerprint density at radius 3 is 2.62 bits per heavy atom. The lowest BCUT2D eigenvalue weighted by molar-refractivity contribution is 0.122. The van der Waals surface area contributed by atoms with Gasteiger partial charge in [0.15, 0.2) is 0 Å². The van der Waals surface area contributed by atoms with Crippen molar-refractivity contribution in [2.45, 2.75) is 52.1 Å². The standard InChI is InChI=1S/C14H20F2N4O/c1-9(13-17-6-11(21-13)14(2,3)4)19-10-5-18-20(7-10)8-12(15)16/h5-7,9,12,19H,8H2,1-4H3/t9-/m1/s1. The Morgan fingerprint density at radius 1 is 1.33 bits per heavy atom. The number of rotatable bonds is 5. The molecule has 0 unspecified atom stereocenters. The lowest BCUT2D eigenvalue weighted by atomic mass is 9.94. The smallest absolute Gasteiger partial charge is 0.257 e. The van der Waals surface area contributed by atoms with Gasteiger partial charge in [-0.25, -0.2) is 13.8 Å². The van der Waals surface area contributed by atoms with Crippen LogP contribution < -0.4 is 5.32 Å². The number of nitrogens with one attached hydrogen (secondary N) is 1. The first-order valence-electron chi connectivity index (χ1n) is 6.79. The van der Waals surface area contributed by atoms with E-state index in [9.17, 15) is 8.78 Å². The van der Waals surface area contributed by atoms with E-state index < -0.39 is 13.0 Å². The van der Waals surface area contributed by atoms with Crippen LogP contribution in [0.1, 0.15) is 45.4 Å². The molecule has 0 aromatic carbocycles. The first-order chi connectivity index (χ1) is 9.75. The molecule has 7 heteroatoms. The molecule has 0 aliphatic carbocycles. The van der Waals surface area contributed by atoms with E-state index in [-0.39, 0.29) is 11.5 Å². The summed E-state index contributed by atoms with van der Waals surface area (Å²) in [5, 5.41) is 7.00. The predicted molar refractivity (Wildman–Crippen MR) is 75.5 cm³/mol. The van der Waals surface area contributed by atoms with Crippen molar-refractivity contribution >= 4 is 5.69 Å². The average Bonchev–Trinajstić information content (AvgIpc) is 2.96. The molecular weight excluding hydrogens is 278 g/mol. The van der Waals surface area contributed by atoms with Crippen molar-refractivity contribution in [3.8, 4) is 0 Å². The summed E-state index contributed by atoms with van der Waals surface area (Å²) >= 11 is 0. The predicted octanol–water partition coefficient (Wildman–Crippen LogP) is 3.61. The van der Waals surface area contributed by atoms with Crippen LogP contribution >= 0.6 is 0 Å². The van der Waals surface area contributed by atoms with E-state index in [4.69, 9.17) is 4.42 Å². The Labute approximate surface area is 122 Å². The molecule has 0 aliphatic heterocycles. The summed E-state index contributed by atoms with van der Waals surface area (Å²) in [6, 6.07) is -0.176. The fourth-order valence-electron chi connectivity index (χ4n) is 1.83. The Kier molecular flexibility index (Phi) is 4.29. The van der Waals surface area contributed by atoms with Gasteiger partial charge in [0.25, 0.3) is 6.43 Å². The molecule has 116 valence electrons. The van der Waals surface area contributed by atoms with Gasteiger partial charge in [0.2, 0.25) is 5.89 Å². The number of anilines is 1. The van der Waals surface area contributed by atoms with Crippen molar-refractivity contribution < 1.29 is 13.2 Å². The van der Waals surface area contributed by atoms with Crippen molar-refractivity contribution in [3.05, 3.63) is 30.2 Å². The molecule has 0 saturated heterocycles. The molecule has 5 nitrogen and oxygen atoms in total. The van der Waals surface area contributed by atoms with Crippen molar-refractivity contribution in [3.63, 3.8) is 0 Å². The monoisotopic (exact) mass is 298 g/mol. The number of oxazole rings is 1. The summed E-state index contributed by atoms with van der Waals surface area (Å²) in [7, 11) is 0. The fraction of sp³-hybridized carbons (Fsp3) is 0.571. The Bertz CT molecular complexity index is 586. The van der Waals surface area contributed by atoms with E-state index in [0.717, 1.165) is 5.76 Å². The van der Waals surface area contributed by atoms with Crippen molar-refractivity contribution in [2.24, 2.45) is 0 Å².